The van der Waals surface area contributed by atoms with Gasteiger partial charge in [-0.3, -0.25) is 19.0 Å². The molecule has 14 nitrogen and oxygen atoms in total. The minimum absolute atomic E-state index is 0.101. The molecule has 0 aliphatic carbocycles. The van der Waals surface area contributed by atoms with Crippen LogP contribution in [0.25, 0.3) is 11.2 Å². The summed E-state index contributed by atoms with van der Waals surface area (Å²) in [4.78, 5) is 55.0. The second kappa shape index (κ2) is 20.3. The lowest BCUT2D eigenvalue weighted by Gasteiger charge is -2.39. The Morgan fingerprint density at radius 3 is 2.05 bits per heavy atom. The van der Waals surface area contributed by atoms with E-state index in [-0.39, 0.29) is 30.0 Å². The number of hydrogen-bond acceptors (Lipinski definition) is 12. The predicted molar refractivity (Wildman–Crippen MR) is 239 cm³/mol. The molecule has 326 valence electrons. The second-order valence-corrected chi connectivity index (χ2v) is 16.5. The standard InChI is InChI=1S/C48H50N6O8S/c1-58-37-17-13-35(14-18-37)48(34-11-7-4-8-12-34,36-15-19-38(59-2)20-16-36)30-40-39(62-43(56)22-28-63-27-21-41(55)53-23-25-60-26-24-53)29-42(61-40)54-32-51-44-45(49-31-50-46(44)54)52-47(57)33-9-5-3-6-10-33/h3-20,31-32,39-40,42H,21-30H2,1-2H3,(H,49,50,52,57)/t39-,40+,42+/m0/s1. The monoisotopic (exact) mass is 870 g/mol. The van der Waals surface area contributed by atoms with Crippen molar-refractivity contribution in [3.05, 3.63) is 144 Å². The summed E-state index contributed by atoms with van der Waals surface area (Å²) < 4.78 is 31.8. The summed E-state index contributed by atoms with van der Waals surface area (Å²) in [7, 11) is 3.28. The molecule has 2 amide bonds. The Morgan fingerprint density at radius 1 is 0.778 bits per heavy atom. The molecule has 4 aromatic carbocycles. The Bertz CT molecular complexity index is 2420. The quantitative estimate of drug-likeness (QED) is 0.0565. The van der Waals surface area contributed by atoms with Crippen LogP contribution in [0.1, 0.15) is 59.0 Å². The van der Waals surface area contributed by atoms with E-state index in [2.05, 4.69) is 56.7 Å². The number of nitrogens with one attached hydrogen (secondary N) is 1. The summed E-state index contributed by atoms with van der Waals surface area (Å²) in [6, 6.07) is 35.2. The molecule has 6 aromatic rings. The average Bonchev–Trinajstić information content (AvgIpc) is 3.95. The van der Waals surface area contributed by atoms with Gasteiger partial charge in [0.1, 0.15) is 30.2 Å². The fourth-order valence-electron chi connectivity index (χ4n) is 8.35. The fourth-order valence-corrected chi connectivity index (χ4v) is 9.18. The number of imidazole rings is 1. The third-order valence-electron chi connectivity index (χ3n) is 11.6. The Balaban J connectivity index is 1.10. The summed E-state index contributed by atoms with van der Waals surface area (Å²) in [6.45, 7) is 2.33. The Kier molecular flexibility index (Phi) is 13.9. The van der Waals surface area contributed by atoms with Crippen LogP contribution in [0.5, 0.6) is 11.5 Å². The van der Waals surface area contributed by atoms with Crippen molar-refractivity contribution in [2.45, 2.75) is 49.5 Å². The van der Waals surface area contributed by atoms with Crippen LogP contribution in [0.3, 0.4) is 0 Å². The van der Waals surface area contributed by atoms with Crippen molar-refractivity contribution in [2.75, 3.05) is 57.3 Å². The number of fused-ring (bicyclic) bond motifs is 1. The van der Waals surface area contributed by atoms with Gasteiger partial charge in [0.25, 0.3) is 5.91 Å². The highest BCUT2D eigenvalue weighted by Crippen LogP contribution is 2.48. The first-order chi connectivity index (χ1) is 30.9. The lowest BCUT2D eigenvalue weighted by Crippen LogP contribution is -2.40. The zero-order valence-electron chi connectivity index (χ0n) is 35.3. The number of esters is 1. The number of carbonyl (C=O) groups excluding carboxylic acids is 3. The van der Waals surface area contributed by atoms with E-state index in [1.165, 1.54) is 6.33 Å². The van der Waals surface area contributed by atoms with Gasteiger partial charge in [-0.1, -0.05) is 72.8 Å². The first kappa shape index (κ1) is 43.4. The highest BCUT2D eigenvalue weighted by atomic mass is 32.2. The molecule has 63 heavy (non-hydrogen) atoms. The van der Waals surface area contributed by atoms with E-state index in [0.717, 1.165) is 28.2 Å². The van der Waals surface area contributed by atoms with Crippen LogP contribution >= 0.6 is 11.8 Å². The molecular formula is C48H50N6O8S. The summed E-state index contributed by atoms with van der Waals surface area (Å²) in [6.07, 6.45) is 2.30. The van der Waals surface area contributed by atoms with Gasteiger partial charge < -0.3 is 33.9 Å². The SMILES string of the molecule is COc1ccc(C(C[C@H]2O[C@@H](n3cnc4c(NC(=O)c5ccccc5)ncnc43)C[C@@H]2OC(=O)CCSCCC(=O)N2CCOCC2)(c2ccccc2)c2ccc(OC)cc2)cc1. The molecule has 0 bridgehead atoms. The number of benzene rings is 4. The Hall–Kier alpha value is -6.29. The number of methoxy groups -OCH3 is 2. The number of morpholine rings is 1. The molecular weight excluding hydrogens is 821 g/mol. The van der Waals surface area contributed by atoms with Crippen LogP contribution in [0.15, 0.2) is 122 Å². The highest BCUT2D eigenvalue weighted by Gasteiger charge is 2.47. The molecule has 0 spiro atoms. The van der Waals surface area contributed by atoms with Gasteiger partial charge >= 0.3 is 5.97 Å². The smallest absolute Gasteiger partial charge is 0.306 e. The van der Waals surface area contributed by atoms with Crippen LogP contribution in [0, 0.1) is 0 Å². The lowest BCUT2D eigenvalue weighted by molar-refractivity contribution is -0.151. The molecule has 2 saturated heterocycles. The van der Waals surface area contributed by atoms with Crippen molar-refractivity contribution >= 4 is 46.5 Å². The topological polar surface area (TPSA) is 156 Å². The molecule has 4 heterocycles. The number of carbonyl (C=O) groups is 3. The number of thioether (sulfide) groups is 1. The molecule has 0 radical (unpaired) electrons. The summed E-state index contributed by atoms with van der Waals surface area (Å²) in [5.41, 5.74) is 3.50. The largest absolute Gasteiger partial charge is 0.497 e. The van der Waals surface area contributed by atoms with E-state index >= 15 is 0 Å². The van der Waals surface area contributed by atoms with Crippen LogP contribution in [0.4, 0.5) is 5.82 Å². The van der Waals surface area contributed by atoms with E-state index in [1.54, 1.807) is 56.6 Å². The molecule has 2 aliphatic rings. The third kappa shape index (κ3) is 9.85. The maximum Gasteiger partial charge on any atom is 0.306 e. The summed E-state index contributed by atoms with van der Waals surface area (Å²) >= 11 is 1.56. The Labute approximate surface area is 370 Å². The number of aromatic nitrogens is 4. The van der Waals surface area contributed by atoms with Crippen molar-refractivity contribution in [3.8, 4) is 11.5 Å². The highest BCUT2D eigenvalue weighted by molar-refractivity contribution is 7.99. The minimum Gasteiger partial charge on any atom is -0.497 e. The summed E-state index contributed by atoms with van der Waals surface area (Å²) in [5.74, 6) is 2.22. The van der Waals surface area contributed by atoms with Gasteiger partial charge in [-0.25, -0.2) is 15.0 Å². The molecule has 3 atom stereocenters. The molecule has 0 unspecified atom stereocenters. The lowest BCUT2D eigenvalue weighted by atomic mass is 9.66. The number of ether oxygens (including phenoxy) is 5. The van der Waals surface area contributed by atoms with E-state index in [0.29, 0.717) is 73.8 Å². The van der Waals surface area contributed by atoms with Crippen molar-refractivity contribution in [2.24, 2.45) is 0 Å². The maximum atomic E-state index is 13.8. The zero-order chi connectivity index (χ0) is 43.6. The van der Waals surface area contributed by atoms with Crippen molar-refractivity contribution < 1.29 is 38.1 Å². The molecule has 2 fully saturated rings. The molecule has 8 rings (SSSR count). The van der Waals surface area contributed by atoms with Gasteiger partial charge in [-0.05, 0) is 59.5 Å². The second-order valence-electron chi connectivity index (χ2n) is 15.3. The van der Waals surface area contributed by atoms with E-state index < -0.39 is 23.9 Å². The van der Waals surface area contributed by atoms with Crippen molar-refractivity contribution in [1.29, 1.82) is 0 Å². The van der Waals surface area contributed by atoms with Crippen molar-refractivity contribution in [3.63, 3.8) is 0 Å². The van der Waals surface area contributed by atoms with Crippen molar-refractivity contribution in [1.82, 2.24) is 24.4 Å². The number of amides is 2. The van der Waals surface area contributed by atoms with E-state index in [9.17, 15) is 14.4 Å². The molecule has 2 aliphatic heterocycles. The minimum atomic E-state index is -0.805. The molecule has 15 heteroatoms. The van der Waals surface area contributed by atoms with Crippen LogP contribution in [-0.2, 0) is 29.2 Å². The first-order valence-corrected chi connectivity index (χ1v) is 22.2. The van der Waals surface area contributed by atoms with E-state index in [1.807, 2.05) is 58.0 Å². The van der Waals surface area contributed by atoms with E-state index in [4.69, 9.17) is 23.7 Å². The van der Waals surface area contributed by atoms with Gasteiger partial charge in [0.2, 0.25) is 5.91 Å². The molecule has 0 saturated carbocycles. The number of anilines is 1. The zero-order valence-corrected chi connectivity index (χ0v) is 36.1. The van der Waals surface area contributed by atoms with Crippen LogP contribution in [0.2, 0.25) is 0 Å². The normalized spacial score (nSPS) is 17.6. The first-order valence-electron chi connectivity index (χ1n) is 21.0. The van der Waals surface area contributed by atoms with Gasteiger partial charge in [-0.15, -0.1) is 0 Å². The number of hydrogen-bond donors (Lipinski definition) is 1. The molecule has 1 N–H and O–H groups in total. The van der Waals surface area contributed by atoms with Gasteiger partial charge in [-0.2, -0.15) is 11.8 Å². The van der Waals surface area contributed by atoms with Gasteiger partial charge in [0, 0.05) is 48.4 Å². The van der Waals surface area contributed by atoms with Crippen LogP contribution < -0.4 is 14.8 Å². The fraction of sp³-hybridized carbons (Fsp3) is 0.333. The third-order valence-corrected chi connectivity index (χ3v) is 12.6. The van der Waals surface area contributed by atoms with Gasteiger partial charge in [0.15, 0.2) is 17.0 Å². The number of nitrogens with zero attached hydrogens (tertiary/aromatic N) is 5. The predicted octanol–water partition coefficient (Wildman–Crippen LogP) is 7.09. The average molecular weight is 871 g/mol. The number of rotatable bonds is 17. The van der Waals surface area contributed by atoms with Crippen LogP contribution in [-0.4, -0.2) is 106 Å². The Morgan fingerprint density at radius 2 is 1.40 bits per heavy atom. The summed E-state index contributed by atoms with van der Waals surface area (Å²) in [5, 5.41) is 2.88. The maximum absolute atomic E-state index is 13.8. The van der Waals surface area contributed by atoms with Gasteiger partial charge in [0.05, 0.1) is 46.3 Å². The molecule has 2 aromatic heterocycles.